The van der Waals surface area contributed by atoms with Crippen molar-refractivity contribution >= 4 is 27.5 Å². The number of methoxy groups -OCH3 is 1. The molecule has 0 spiro atoms. The summed E-state index contributed by atoms with van der Waals surface area (Å²) in [4.78, 5) is 25.3. The van der Waals surface area contributed by atoms with Crippen LogP contribution in [0.25, 0.3) is 0 Å². The Balaban J connectivity index is 1.53. The molecule has 0 unspecified atom stereocenters. The lowest BCUT2D eigenvalue weighted by molar-refractivity contribution is -0.226. The lowest BCUT2D eigenvalue weighted by Crippen LogP contribution is -2.39. The van der Waals surface area contributed by atoms with Gasteiger partial charge in [0.25, 0.3) is 0 Å². The molecule has 4 atom stereocenters. The van der Waals surface area contributed by atoms with Crippen molar-refractivity contribution in [3.05, 3.63) is 45.6 Å². The van der Waals surface area contributed by atoms with E-state index in [9.17, 15) is 9.59 Å². The molecule has 0 saturated carbocycles. The minimum atomic E-state index is -0.733. The molecule has 0 aromatic heterocycles. The maximum atomic E-state index is 12.8. The van der Waals surface area contributed by atoms with Crippen molar-refractivity contribution < 1.29 is 28.5 Å². The van der Waals surface area contributed by atoms with Crippen molar-refractivity contribution in [2.24, 2.45) is 0 Å². The first-order valence-electron chi connectivity index (χ1n) is 8.68. The maximum Gasteiger partial charge on any atom is 0.210 e. The second kappa shape index (κ2) is 6.79. The molecule has 2 heterocycles. The third kappa shape index (κ3) is 3.15. The average molecular weight is 438 g/mol. The highest BCUT2D eigenvalue weighted by Crippen LogP contribution is 2.39. The molecule has 0 radical (unpaired) electrons. The summed E-state index contributed by atoms with van der Waals surface area (Å²) in [5.41, 5.74) is 0.999. The predicted octanol–water partition coefficient (Wildman–Crippen LogP) is 2.15. The van der Waals surface area contributed by atoms with E-state index >= 15 is 0 Å². The summed E-state index contributed by atoms with van der Waals surface area (Å²) < 4.78 is 23.2. The molecule has 1 N–H and O–H groups in total. The van der Waals surface area contributed by atoms with E-state index in [1.807, 2.05) is 13.8 Å². The van der Waals surface area contributed by atoms with Crippen molar-refractivity contribution in [2.75, 3.05) is 13.7 Å². The van der Waals surface area contributed by atoms with Crippen LogP contribution in [0.5, 0.6) is 0 Å². The van der Waals surface area contributed by atoms with Crippen molar-refractivity contribution in [2.45, 2.75) is 44.2 Å². The molecule has 0 bridgehead atoms. The molecule has 1 aromatic carbocycles. The van der Waals surface area contributed by atoms with Gasteiger partial charge in [-0.25, -0.2) is 0 Å². The van der Waals surface area contributed by atoms with Gasteiger partial charge in [-0.05, 0) is 29.8 Å². The number of halogens is 1. The van der Waals surface area contributed by atoms with E-state index in [1.165, 1.54) is 0 Å². The Morgan fingerprint density at radius 2 is 1.74 bits per heavy atom. The topological polar surface area (TPSA) is 83.1 Å². The second-order valence-electron chi connectivity index (χ2n) is 7.12. The molecular formula is C19H20BrNO6. The van der Waals surface area contributed by atoms with Gasteiger partial charge in [-0.15, -0.1) is 0 Å². The summed E-state index contributed by atoms with van der Waals surface area (Å²) in [5.74, 6) is -1.20. The lowest BCUT2D eigenvalue weighted by atomic mass is 9.92. The number of rotatable bonds is 4. The smallest absolute Gasteiger partial charge is 0.210 e. The quantitative estimate of drug-likeness (QED) is 0.772. The van der Waals surface area contributed by atoms with Crippen molar-refractivity contribution in [3.8, 4) is 0 Å². The van der Waals surface area contributed by atoms with Crippen LogP contribution >= 0.6 is 15.9 Å². The summed E-state index contributed by atoms with van der Waals surface area (Å²) in [6, 6.07) is 6.77. The highest BCUT2D eigenvalue weighted by atomic mass is 79.9. The Morgan fingerprint density at radius 1 is 1.11 bits per heavy atom. The minimum absolute atomic E-state index is 0.216. The first-order chi connectivity index (χ1) is 12.8. The molecule has 4 rings (SSSR count). The number of ether oxygens (including phenoxy) is 4. The number of carbonyl (C=O) groups excluding carboxylic acids is 2. The average Bonchev–Trinajstić information content (AvgIpc) is 3.13. The van der Waals surface area contributed by atoms with Crippen LogP contribution < -0.4 is 5.32 Å². The van der Waals surface area contributed by atoms with Gasteiger partial charge in [0, 0.05) is 24.8 Å². The molecule has 2 fully saturated rings. The van der Waals surface area contributed by atoms with E-state index in [2.05, 4.69) is 21.2 Å². The normalized spacial score (nSPS) is 31.9. The molecule has 3 aliphatic rings. The summed E-state index contributed by atoms with van der Waals surface area (Å²) in [5, 5.41) is 3.07. The number of ketones is 2. The van der Waals surface area contributed by atoms with Crippen LogP contribution in [-0.4, -0.2) is 55.6 Å². The first-order valence-corrected chi connectivity index (χ1v) is 9.47. The van der Waals surface area contributed by atoms with Crippen LogP contribution in [0.2, 0.25) is 0 Å². The van der Waals surface area contributed by atoms with Gasteiger partial charge in [0.2, 0.25) is 11.6 Å². The number of hydrogen-bond donors (Lipinski definition) is 1. The van der Waals surface area contributed by atoms with Crippen molar-refractivity contribution in [3.63, 3.8) is 0 Å². The van der Waals surface area contributed by atoms with Gasteiger partial charge < -0.3 is 24.3 Å². The minimum Gasteiger partial charge on any atom is -0.378 e. The molecule has 2 saturated heterocycles. The highest BCUT2D eigenvalue weighted by molar-refractivity contribution is 9.12. The van der Waals surface area contributed by atoms with Crippen LogP contribution in [0.4, 0.5) is 0 Å². The van der Waals surface area contributed by atoms with Crippen molar-refractivity contribution in [1.29, 1.82) is 0 Å². The second-order valence-corrected chi connectivity index (χ2v) is 7.91. The Kier molecular flexibility index (Phi) is 4.72. The van der Waals surface area contributed by atoms with E-state index in [-0.39, 0.29) is 40.5 Å². The molecule has 7 nitrogen and oxygen atoms in total. The zero-order chi connectivity index (χ0) is 19.3. The molecular weight excluding hydrogens is 418 g/mol. The van der Waals surface area contributed by atoms with Gasteiger partial charge >= 0.3 is 0 Å². The Labute approximate surface area is 165 Å². The standard InChI is InChI=1S/C19H20BrNO6/c1-19(2)26-16-11(25-18(24-3)17(16)27-19)8-21-13-12(20)14(22)9-6-4-5-7-10(9)15(13)23/h4-7,11,16-18,21H,8H2,1-3H3/t11-,16-,17-,18-/m1/s1. The van der Waals surface area contributed by atoms with Crippen LogP contribution in [0.3, 0.4) is 0 Å². The molecule has 27 heavy (non-hydrogen) atoms. The SMILES string of the molecule is CO[C@@H]1O[C@H](CNC2=C(Br)C(=O)c3ccccc3C2=O)[C@H]2OC(C)(C)O[C@@H]12. The number of fused-ring (bicyclic) bond motifs is 2. The molecule has 1 aromatic rings. The van der Waals surface area contributed by atoms with Gasteiger partial charge in [-0.1, -0.05) is 24.3 Å². The van der Waals surface area contributed by atoms with Crippen LogP contribution in [-0.2, 0) is 18.9 Å². The summed E-state index contributed by atoms with van der Waals surface area (Å²) in [6.45, 7) is 3.94. The summed E-state index contributed by atoms with van der Waals surface area (Å²) in [7, 11) is 1.55. The zero-order valence-corrected chi connectivity index (χ0v) is 16.7. The fraction of sp³-hybridized carbons (Fsp3) is 0.474. The molecule has 1 aliphatic carbocycles. The van der Waals surface area contributed by atoms with Crippen LogP contribution in [0, 0.1) is 0 Å². The van der Waals surface area contributed by atoms with Gasteiger partial charge in [-0.3, -0.25) is 9.59 Å². The van der Waals surface area contributed by atoms with E-state index in [0.29, 0.717) is 11.1 Å². The number of Topliss-reactive ketones (excluding diaryl/α,β-unsaturated/α-hetero) is 2. The predicted molar refractivity (Wildman–Crippen MR) is 98.6 cm³/mol. The van der Waals surface area contributed by atoms with Gasteiger partial charge in [-0.2, -0.15) is 0 Å². The van der Waals surface area contributed by atoms with Gasteiger partial charge in [0.1, 0.15) is 24.0 Å². The number of allylic oxidation sites excluding steroid dienone is 2. The van der Waals surface area contributed by atoms with E-state index in [0.717, 1.165) is 0 Å². The Hall–Kier alpha value is -1.58. The van der Waals surface area contributed by atoms with E-state index in [4.69, 9.17) is 18.9 Å². The number of nitrogens with one attached hydrogen (secondary N) is 1. The summed E-state index contributed by atoms with van der Waals surface area (Å²) >= 11 is 3.27. The molecule has 0 amide bonds. The lowest BCUT2D eigenvalue weighted by Gasteiger charge is -2.25. The van der Waals surface area contributed by atoms with Crippen LogP contribution in [0.15, 0.2) is 34.4 Å². The monoisotopic (exact) mass is 437 g/mol. The number of carbonyl (C=O) groups is 2. The van der Waals surface area contributed by atoms with Crippen LogP contribution in [0.1, 0.15) is 34.6 Å². The molecule has 2 aliphatic heterocycles. The van der Waals surface area contributed by atoms with Gasteiger partial charge in [0.15, 0.2) is 12.1 Å². The van der Waals surface area contributed by atoms with Gasteiger partial charge in [0.05, 0.1) is 4.48 Å². The zero-order valence-electron chi connectivity index (χ0n) is 15.2. The third-order valence-corrected chi connectivity index (χ3v) is 5.64. The van der Waals surface area contributed by atoms with Crippen molar-refractivity contribution in [1.82, 2.24) is 5.32 Å². The first kappa shape index (κ1) is 18.8. The Morgan fingerprint density at radius 3 is 2.41 bits per heavy atom. The summed E-state index contributed by atoms with van der Waals surface area (Å²) in [6.07, 6.45) is -1.63. The highest BCUT2D eigenvalue weighted by Gasteiger charge is 2.55. The molecule has 144 valence electrons. The fourth-order valence-electron chi connectivity index (χ4n) is 3.70. The fourth-order valence-corrected chi connectivity index (χ4v) is 4.24. The maximum absolute atomic E-state index is 12.8. The van der Waals surface area contributed by atoms with E-state index in [1.54, 1.807) is 31.4 Å². The third-order valence-electron chi connectivity index (χ3n) is 4.88. The number of benzene rings is 1. The number of hydrogen-bond acceptors (Lipinski definition) is 7. The largest absolute Gasteiger partial charge is 0.378 e. The van der Waals surface area contributed by atoms with E-state index < -0.39 is 18.2 Å². The molecule has 8 heteroatoms. The Bertz CT molecular complexity index is 835.